The second kappa shape index (κ2) is 6.13. The molecule has 4 heteroatoms. The Balaban J connectivity index is 1.87. The van der Waals surface area contributed by atoms with Crippen molar-refractivity contribution in [1.29, 1.82) is 0 Å². The SMILES string of the molecule is CCNCc1coc(CN2CCSC(C)(C)C2)c1. The van der Waals surface area contributed by atoms with Crippen LogP contribution in [0, 0.1) is 0 Å². The first-order valence-corrected chi connectivity index (χ1v) is 7.71. The van der Waals surface area contributed by atoms with E-state index in [1.54, 1.807) is 0 Å². The fourth-order valence-electron chi connectivity index (χ4n) is 2.34. The lowest BCUT2D eigenvalue weighted by Gasteiger charge is -2.37. The maximum atomic E-state index is 5.64. The fraction of sp³-hybridized carbons (Fsp3) is 0.714. The Morgan fingerprint density at radius 2 is 2.33 bits per heavy atom. The van der Waals surface area contributed by atoms with Crippen molar-refractivity contribution in [3.63, 3.8) is 0 Å². The van der Waals surface area contributed by atoms with Crippen molar-refractivity contribution in [3.05, 3.63) is 23.7 Å². The molecule has 3 nitrogen and oxygen atoms in total. The highest BCUT2D eigenvalue weighted by Gasteiger charge is 2.27. The Kier molecular flexibility index (Phi) is 4.76. The fourth-order valence-corrected chi connectivity index (χ4v) is 3.52. The van der Waals surface area contributed by atoms with Gasteiger partial charge in [-0.15, -0.1) is 0 Å². The summed E-state index contributed by atoms with van der Waals surface area (Å²) >= 11 is 2.07. The van der Waals surface area contributed by atoms with Crippen molar-refractivity contribution in [2.75, 3.05) is 25.4 Å². The smallest absolute Gasteiger partial charge is 0.118 e. The second-order valence-electron chi connectivity index (χ2n) is 5.52. The molecule has 0 radical (unpaired) electrons. The summed E-state index contributed by atoms with van der Waals surface area (Å²) in [4.78, 5) is 2.49. The van der Waals surface area contributed by atoms with Crippen LogP contribution in [-0.4, -0.2) is 35.0 Å². The van der Waals surface area contributed by atoms with Gasteiger partial charge in [0.25, 0.3) is 0 Å². The molecule has 0 saturated carbocycles. The zero-order chi connectivity index (χ0) is 13.0. The van der Waals surface area contributed by atoms with E-state index in [1.807, 2.05) is 6.26 Å². The van der Waals surface area contributed by atoms with Gasteiger partial charge in [0.15, 0.2) is 0 Å². The Morgan fingerprint density at radius 1 is 1.50 bits per heavy atom. The minimum atomic E-state index is 0.372. The summed E-state index contributed by atoms with van der Waals surface area (Å²) in [7, 11) is 0. The number of hydrogen-bond donors (Lipinski definition) is 1. The first kappa shape index (κ1) is 14.0. The molecule has 0 aromatic carbocycles. The van der Waals surface area contributed by atoms with Crippen LogP contribution in [0.5, 0.6) is 0 Å². The predicted octanol–water partition coefficient (Wildman–Crippen LogP) is 2.72. The van der Waals surface area contributed by atoms with Gasteiger partial charge in [0.2, 0.25) is 0 Å². The van der Waals surface area contributed by atoms with Crippen LogP contribution in [0.25, 0.3) is 0 Å². The molecule has 0 atom stereocenters. The van der Waals surface area contributed by atoms with Gasteiger partial charge >= 0.3 is 0 Å². The molecular formula is C14H24N2OS. The topological polar surface area (TPSA) is 28.4 Å². The minimum absolute atomic E-state index is 0.372. The summed E-state index contributed by atoms with van der Waals surface area (Å²) < 4.78 is 6.02. The first-order valence-electron chi connectivity index (χ1n) is 6.72. The van der Waals surface area contributed by atoms with Crippen LogP contribution in [0.1, 0.15) is 32.1 Å². The van der Waals surface area contributed by atoms with E-state index in [2.05, 4.69) is 48.8 Å². The van der Waals surface area contributed by atoms with Gasteiger partial charge in [-0.3, -0.25) is 4.90 Å². The van der Waals surface area contributed by atoms with E-state index >= 15 is 0 Å². The standard InChI is InChI=1S/C14H24N2OS/c1-4-15-8-12-7-13(17-10-12)9-16-5-6-18-14(2,3)11-16/h7,10,15H,4-6,8-9,11H2,1-3H3. The van der Waals surface area contributed by atoms with Crippen LogP contribution in [0.3, 0.4) is 0 Å². The van der Waals surface area contributed by atoms with Crippen molar-refractivity contribution >= 4 is 11.8 Å². The van der Waals surface area contributed by atoms with E-state index in [9.17, 15) is 0 Å². The molecule has 1 aromatic heterocycles. The molecule has 0 unspecified atom stereocenters. The third-order valence-electron chi connectivity index (χ3n) is 3.17. The second-order valence-corrected chi connectivity index (χ2v) is 7.32. The maximum absolute atomic E-state index is 5.64. The summed E-state index contributed by atoms with van der Waals surface area (Å²) in [6.07, 6.45) is 1.88. The molecule has 1 aromatic rings. The molecule has 0 bridgehead atoms. The Labute approximate surface area is 114 Å². The molecule has 0 spiro atoms. The third kappa shape index (κ3) is 4.04. The van der Waals surface area contributed by atoms with Gasteiger partial charge in [-0.05, 0) is 26.5 Å². The van der Waals surface area contributed by atoms with E-state index in [4.69, 9.17) is 4.42 Å². The van der Waals surface area contributed by atoms with Gasteiger partial charge in [0, 0.05) is 35.7 Å². The van der Waals surface area contributed by atoms with Crippen LogP contribution < -0.4 is 5.32 Å². The van der Waals surface area contributed by atoms with E-state index in [1.165, 1.54) is 11.3 Å². The van der Waals surface area contributed by atoms with E-state index in [0.717, 1.165) is 38.5 Å². The summed E-state index contributed by atoms with van der Waals surface area (Å²) in [5.41, 5.74) is 1.25. The summed E-state index contributed by atoms with van der Waals surface area (Å²) in [6, 6.07) is 2.18. The number of hydrogen-bond acceptors (Lipinski definition) is 4. The minimum Gasteiger partial charge on any atom is -0.468 e. The number of nitrogens with one attached hydrogen (secondary N) is 1. The van der Waals surface area contributed by atoms with E-state index in [-0.39, 0.29) is 0 Å². The molecule has 1 N–H and O–H groups in total. The normalized spacial score (nSPS) is 20.2. The van der Waals surface area contributed by atoms with Crippen LogP contribution in [0.2, 0.25) is 0 Å². The van der Waals surface area contributed by atoms with Crippen LogP contribution in [0.15, 0.2) is 16.7 Å². The Morgan fingerprint density at radius 3 is 3.06 bits per heavy atom. The monoisotopic (exact) mass is 268 g/mol. The number of thioether (sulfide) groups is 1. The van der Waals surface area contributed by atoms with Crippen molar-refractivity contribution in [2.24, 2.45) is 0 Å². The van der Waals surface area contributed by atoms with E-state index in [0.29, 0.717) is 4.75 Å². The summed E-state index contributed by atoms with van der Waals surface area (Å²) in [5.74, 6) is 2.31. The highest BCUT2D eigenvalue weighted by Crippen LogP contribution is 2.30. The van der Waals surface area contributed by atoms with Crippen molar-refractivity contribution in [1.82, 2.24) is 10.2 Å². The lowest BCUT2D eigenvalue weighted by molar-refractivity contribution is 0.233. The summed E-state index contributed by atoms with van der Waals surface area (Å²) in [6.45, 7) is 11.9. The zero-order valence-corrected chi connectivity index (χ0v) is 12.5. The number of furan rings is 1. The highest BCUT2D eigenvalue weighted by atomic mass is 32.2. The van der Waals surface area contributed by atoms with Gasteiger partial charge in [-0.25, -0.2) is 0 Å². The van der Waals surface area contributed by atoms with Crippen LogP contribution >= 0.6 is 11.8 Å². The number of nitrogens with zero attached hydrogens (tertiary/aromatic N) is 1. The average Bonchev–Trinajstić information content (AvgIpc) is 2.73. The maximum Gasteiger partial charge on any atom is 0.118 e. The Hall–Kier alpha value is -0.450. The predicted molar refractivity (Wildman–Crippen MR) is 77.9 cm³/mol. The van der Waals surface area contributed by atoms with E-state index < -0.39 is 0 Å². The van der Waals surface area contributed by atoms with Crippen LogP contribution in [-0.2, 0) is 13.1 Å². The molecule has 0 amide bonds. The molecule has 1 saturated heterocycles. The molecular weight excluding hydrogens is 244 g/mol. The largest absolute Gasteiger partial charge is 0.468 e. The molecule has 0 aliphatic carbocycles. The van der Waals surface area contributed by atoms with Crippen molar-refractivity contribution in [3.8, 4) is 0 Å². The Bertz CT molecular complexity index is 376. The number of rotatable bonds is 5. The molecule has 1 fully saturated rings. The lowest BCUT2D eigenvalue weighted by Crippen LogP contribution is -2.42. The third-order valence-corrected chi connectivity index (χ3v) is 4.47. The average molecular weight is 268 g/mol. The van der Waals surface area contributed by atoms with Crippen molar-refractivity contribution < 1.29 is 4.42 Å². The van der Waals surface area contributed by atoms with Crippen LogP contribution in [0.4, 0.5) is 0 Å². The molecule has 1 aliphatic rings. The molecule has 18 heavy (non-hydrogen) atoms. The molecule has 2 heterocycles. The van der Waals surface area contributed by atoms with Gasteiger partial charge in [0.05, 0.1) is 12.8 Å². The van der Waals surface area contributed by atoms with Gasteiger partial charge in [0.1, 0.15) is 5.76 Å². The lowest BCUT2D eigenvalue weighted by atomic mass is 10.2. The molecule has 1 aliphatic heterocycles. The molecule has 2 rings (SSSR count). The highest BCUT2D eigenvalue weighted by molar-refractivity contribution is 8.00. The van der Waals surface area contributed by atoms with Gasteiger partial charge < -0.3 is 9.73 Å². The quantitative estimate of drug-likeness (QED) is 0.889. The zero-order valence-electron chi connectivity index (χ0n) is 11.7. The first-order chi connectivity index (χ1) is 8.59. The van der Waals surface area contributed by atoms with Crippen molar-refractivity contribution in [2.45, 2.75) is 38.6 Å². The summed E-state index contributed by atoms with van der Waals surface area (Å²) in [5, 5.41) is 3.32. The van der Waals surface area contributed by atoms with Gasteiger partial charge in [-0.2, -0.15) is 11.8 Å². The van der Waals surface area contributed by atoms with Gasteiger partial charge in [-0.1, -0.05) is 6.92 Å². The molecule has 102 valence electrons.